The van der Waals surface area contributed by atoms with Gasteiger partial charge in [-0.1, -0.05) is 12.1 Å². The van der Waals surface area contributed by atoms with E-state index in [9.17, 15) is 24.3 Å². The van der Waals surface area contributed by atoms with E-state index in [-0.39, 0.29) is 5.57 Å². The summed E-state index contributed by atoms with van der Waals surface area (Å²) in [4.78, 5) is 52.8. The fourth-order valence-electron chi connectivity index (χ4n) is 4.99. The number of nitrogens with zero attached hydrogens (tertiary/aromatic N) is 2. The molecular weight excluding hydrogens is 478 g/mol. The summed E-state index contributed by atoms with van der Waals surface area (Å²) in [6.45, 7) is 5.55. The number of carboxylic acids is 1. The average molecular weight is 504 g/mol. The lowest BCUT2D eigenvalue weighted by Crippen LogP contribution is -2.54. The number of benzene rings is 1. The monoisotopic (exact) mass is 503 g/mol. The molecule has 8 nitrogen and oxygen atoms in total. The van der Waals surface area contributed by atoms with Crippen LogP contribution in [0.1, 0.15) is 56.2 Å². The Morgan fingerprint density at radius 1 is 1.08 bits per heavy atom. The van der Waals surface area contributed by atoms with Crippen molar-refractivity contribution >= 4 is 46.9 Å². The zero-order valence-corrected chi connectivity index (χ0v) is 21.0. The number of aromatic nitrogens is 1. The van der Waals surface area contributed by atoms with Gasteiger partial charge in [-0.05, 0) is 87.4 Å². The van der Waals surface area contributed by atoms with E-state index >= 15 is 0 Å². The number of carbonyl (C=O) groups is 4. The van der Waals surface area contributed by atoms with E-state index in [0.717, 1.165) is 52.3 Å². The zero-order valence-electron chi connectivity index (χ0n) is 20.2. The minimum atomic E-state index is -0.953. The molecule has 184 valence electrons. The molecule has 36 heavy (non-hydrogen) atoms. The van der Waals surface area contributed by atoms with Crippen molar-refractivity contribution in [1.29, 1.82) is 0 Å². The van der Waals surface area contributed by atoms with Gasteiger partial charge in [-0.2, -0.15) is 0 Å². The fourth-order valence-corrected chi connectivity index (χ4v) is 6.48. The Morgan fingerprint density at radius 3 is 2.56 bits per heavy atom. The van der Waals surface area contributed by atoms with Crippen LogP contribution >= 0.6 is 11.3 Å². The molecule has 0 bridgehead atoms. The van der Waals surface area contributed by atoms with Gasteiger partial charge < -0.3 is 9.67 Å². The molecule has 9 heteroatoms. The van der Waals surface area contributed by atoms with Crippen LogP contribution in [0.4, 0.5) is 10.5 Å². The molecule has 0 radical (unpaired) electrons. The number of urea groups is 1. The van der Waals surface area contributed by atoms with E-state index in [1.807, 2.05) is 37.5 Å². The molecule has 1 saturated heterocycles. The Kier molecular flexibility index (Phi) is 5.88. The van der Waals surface area contributed by atoms with Crippen molar-refractivity contribution in [2.24, 2.45) is 0 Å². The van der Waals surface area contributed by atoms with Crippen LogP contribution in [-0.2, 0) is 22.4 Å². The number of rotatable bonds is 4. The van der Waals surface area contributed by atoms with Crippen molar-refractivity contribution in [3.63, 3.8) is 0 Å². The normalized spacial score (nSPS) is 16.9. The van der Waals surface area contributed by atoms with E-state index in [4.69, 9.17) is 0 Å². The molecule has 1 aliphatic carbocycles. The van der Waals surface area contributed by atoms with Crippen molar-refractivity contribution in [2.75, 3.05) is 4.90 Å². The summed E-state index contributed by atoms with van der Waals surface area (Å²) in [5, 5.41) is 12.9. The van der Waals surface area contributed by atoms with E-state index in [1.54, 1.807) is 18.2 Å². The lowest BCUT2D eigenvalue weighted by molar-refractivity contribution is -0.122. The van der Waals surface area contributed by atoms with Crippen molar-refractivity contribution < 1.29 is 24.3 Å². The smallest absolute Gasteiger partial charge is 0.339 e. The third-order valence-electron chi connectivity index (χ3n) is 6.70. The Morgan fingerprint density at radius 2 is 1.83 bits per heavy atom. The molecule has 1 aromatic carbocycles. The predicted octanol–water partition coefficient (Wildman–Crippen LogP) is 4.71. The number of barbiturate groups is 1. The maximum Gasteiger partial charge on any atom is 0.339 e. The summed E-state index contributed by atoms with van der Waals surface area (Å²) < 4.78 is 1.88. The van der Waals surface area contributed by atoms with Crippen LogP contribution in [0.25, 0.3) is 11.1 Å². The first kappa shape index (κ1) is 23.7. The number of amides is 4. The van der Waals surface area contributed by atoms with Gasteiger partial charge in [0.25, 0.3) is 11.8 Å². The Labute approximate surface area is 211 Å². The number of hydrogen-bond acceptors (Lipinski definition) is 5. The minimum Gasteiger partial charge on any atom is -0.478 e. The van der Waals surface area contributed by atoms with Crippen LogP contribution in [0, 0.1) is 20.8 Å². The Balaban J connectivity index is 1.59. The molecule has 4 amide bonds. The molecule has 2 aliphatic rings. The first-order chi connectivity index (χ1) is 17.2. The van der Waals surface area contributed by atoms with Crippen molar-refractivity contribution in [1.82, 2.24) is 9.88 Å². The minimum absolute atomic E-state index is 0.166. The van der Waals surface area contributed by atoms with Gasteiger partial charge >= 0.3 is 12.0 Å². The number of nitrogens with one attached hydrogen (secondary N) is 1. The number of fused-ring (bicyclic) bond motifs is 1. The molecule has 3 heterocycles. The first-order valence-corrected chi connectivity index (χ1v) is 12.5. The highest BCUT2D eigenvalue weighted by atomic mass is 32.1. The lowest BCUT2D eigenvalue weighted by Gasteiger charge is -2.26. The predicted molar refractivity (Wildman–Crippen MR) is 137 cm³/mol. The zero-order chi connectivity index (χ0) is 25.7. The van der Waals surface area contributed by atoms with Gasteiger partial charge in [0.05, 0.1) is 11.3 Å². The van der Waals surface area contributed by atoms with Crippen molar-refractivity contribution in [2.45, 2.75) is 46.5 Å². The van der Waals surface area contributed by atoms with Gasteiger partial charge in [-0.15, -0.1) is 11.3 Å². The molecule has 3 aromatic rings. The summed E-state index contributed by atoms with van der Waals surface area (Å²) in [5.74, 6) is -2.43. The second-order valence-electron chi connectivity index (χ2n) is 9.15. The van der Waals surface area contributed by atoms with Crippen LogP contribution in [0.2, 0.25) is 0 Å². The van der Waals surface area contributed by atoms with Crippen molar-refractivity contribution in [3.8, 4) is 5.00 Å². The molecule has 0 unspecified atom stereocenters. The van der Waals surface area contributed by atoms with Gasteiger partial charge in [-0.3, -0.25) is 14.9 Å². The first-order valence-electron chi connectivity index (χ1n) is 11.7. The van der Waals surface area contributed by atoms with E-state index in [1.165, 1.54) is 17.4 Å². The number of carboxylic acid groups (broad SMARTS) is 1. The van der Waals surface area contributed by atoms with E-state index < -0.39 is 23.8 Å². The Hall–Kier alpha value is -3.98. The highest BCUT2D eigenvalue weighted by Gasteiger charge is 2.37. The van der Waals surface area contributed by atoms with E-state index in [0.29, 0.717) is 27.5 Å². The SMILES string of the molecule is Cc1cccc(N2C(=O)NC(=O)/C(=C\c3cc(C)n(-c4sc5c(c4C(=O)O)CCCC5)c3C)C2=O)c1. The third kappa shape index (κ3) is 3.85. The molecule has 0 spiro atoms. The topological polar surface area (TPSA) is 109 Å². The molecular formula is C27H25N3O5S. The molecule has 5 rings (SSSR count). The molecule has 0 atom stereocenters. The van der Waals surface area contributed by atoms with Crippen LogP contribution in [0.5, 0.6) is 0 Å². The quantitative estimate of drug-likeness (QED) is 0.396. The van der Waals surface area contributed by atoms with Crippen LogP contribution in [0.15, 0.2) is 35.9 Å². The summed E-state index contributed by atoms with van der Waals surface area (Å²) in [6.07, 6.45) is 5.10. The van der Waals surface area contributed by atoms with Crippen molar-refractivity contribution in [3.05, 3.63) is 74.4 Å². The standard InChI is InChI=1S/C27H25N3O5S/c1-14-7-6-8-18(11-14)30-24(32)20(23(31)28-27(30)35)13-17-12-15(2)29(16(17)3)25-22(26(33)34)19-9-4-5-10-21(19)36-25/h6-8,11-13H,4-5,9-10H2,1-3H3,(H,33,34)(H,28,31,35)/b20-13+. The summed E-state index contributed by atoms with van der Waals surface area (Å²) >= 11 is 1.49. The number of aromatic carboxylic acids is 1. The maximum atomic E-state index is 13.3. The van der Waals surface area contributed by atoms with Crippen LogP contribution in [0.3, 0.4) is 0 Å². The van der Waals surface area contributed by atoms with Gasteiger partial charge in [-0.25, -0.2) is 14.5 Å². The number of carbonyl (C=O) groups excluding carboxylic acids is 3. The number of aryl methyl sites for hydroxylation is 3. The maximum absolute atomic E-state index is 13.3. The number of imide groups is 2. The molecule has 2 N–H and O–H groups in total. The largest absolute Gasteiger partial charge is 0.478 e. The number of anilines is 1. The molecule has 1 aliphatic heterocycles. The fraction of sp³-hybridized carbons (Fsp3) is 0.259. The Bertz CT molecular complexity index is 1490. The van der Waals surface area contributed by atoms with Gasteiger partial charge in [0.1, 0.15) is 10.6 Å². The van der Waals surface area contributed by atoms with Gasteiger partial charge in [0.15, 0.2) is 0 Å². The lowest BCUT2D eigenvalue weighted by atomic mass is 9.95. The van der Waals surface area contributed by atoms with E-state index in [2.05, 4.69) is 5.32 Å². The second-order valence-corrected chi connectivity index (χ2v) is 10.2. The second kappa shape index (κ2) is 8.91. The van der Waals surface area contributed by atoms with Gasteiger partial charge in [0.2, 0.25) is 0 Å². The third-order valence-corrected chi connectivity index (χ3v) is 7.98. The van der Waals surface area contributed by atoms with Crippen LogP contribution < -0.4 is 10.2 Å². The highest BCUT2D eigenvalue weighted by Crippen LogP contribution is 2.39. The molecule has 1 fully saturated rings. The molecule has 0 saturated carbocycles. The number of hydrogen-bond donors (Lipinski definition) is 2. The summed E-state index contributed by atoms with van der Waals surface area (Å²) in [7, 11) is 0. The average Bonchev–Trinajstić information content (AvgIpc) is 3.32. The van der Waals surface area contributed by atoms with Gasteiger partial charge in [0, 0.05) is 16.3 Å². The molecule has 2 aromatic heterocycles. The summed E-state index contributed by atoms with van der Waals surface area (Å²) in [5.41, 5.74) is 4.42. The number of thiophene rings is 1. The highest BCUT2D eigenvalue weighted by molar-refractivity contribution is 7.15. The van der Waals surface area contributed by atoms with Crippen LogP contribution in [-0.4, -0.2) is 33.5 Å². The summed E-state index contributed by atoms with van der Waals surface area (Å²) in [6, 6.07) is 7.94.